The van der Waals surface area contributed by atoms with E-state index >= 15 is 0 Å². The Morgan fingerprint density at radius 3 is 2.02 bits per heavy atom. The van der Waals surface area contributed by atoms with Gasteiger partial charge in [-0.05, 0) is 113 Å². The highest BCUT2D eigenvalue weighted by molar-refractivity contribution is 6.09. The molecule has 3 heterocycles. The molecule has 2 atom stereocenters. The molecule has 0 saturated heterocycles. The lowest BCUT2D eigenvalue weighted by Gasteiger charge is -2.32. The fourth-order valence-electron chi connectivity index (χ4n) is 7.91. The zero-order chi connectivity index (χ0) is 39.6. The lowest BCUT2D eigenvalue weighted by Crippen LogP contribution is -2.22. The van der Waals surface area contributed by atoms with E-state index in [1.807, 2.05) is 6.20 Å². The van der Waals surface area contributed by atoms with Gasteiger partial charge in [0.05, 0.1) is 22.4 Å². The van der Waals surface area contributed by atoms with Crippen molar-refractivity contribution in [2.45, 2.75) is 107 Å². The van der Waals surface area contributed by atoms with Gasteiger partial charge in [-0.15, -0.1) is 0 Å². The van der Waals surface area contributed by atoms with Crippen molar-refractivity contribution >= 4 is 21.8 Å². The standard InChI is InChI=1S/C50H58N4O/c1-31(32(2)48(5,6)7)36-19-22-44-43(25-36)42-21-20-40(30-45(42)53(44)46-28-37(23-24-51-46)49(8,9)10)55-41-27-38(50(11,12)13)26-39(29-41)54-34(4)47(33(3)52-54)35-17-15-14-16-18-35/h14-32H,1-13H3. The molecule has 0 saturated carbocycles. The summed E-state index contributed by atoms with van der Waals surface area (Å²) >= 11 is 0. The van der Waals surface area contributed by atoms with Crippen LogP contribution in [0.1, 0.15) is 110 Å². The Bertz CT molecular complexity index is 2510. The summed E-state index contributed by atoms with van der Waals surface area (Å²) in [6.07, 6.45) is 1.94. The minimum atomic E-state index is -0.105. The third-order valence-electron chi connectivity index (χ3n) is 11.8. The first-order valence-electron chi connectivity index (χ1n) is 19.8. The van der Waals surface area contributed by atoms with Gasteiger partial charge in [-0.1, -0.05) is 113 Å². The van der Waals surface area contributed by atoms with E-state index in [0.717, 1.165) is 51.0 Å². The van der Waals surface area contributed by atoms with E-state index in [1.165, 1.54) is 33.0 Å². The molecule has 0 amide bonds. The molecule has 0 aliphatic carbocycles. The normalized spacial score (nSPS) is 13.8. The molecule has 4 aromatic carbocycles. The van der Waals surface area contributed by atoms with E-state index in [2.05, 4.69) is 196 Å². The zero-order valence-corrected chi connectivity index (χ0v) is 35.2. The maximum atomic E-state index is 6.87. The van der Waals surface area contributed by atoms with E-state index in [-0.39, 0.29) is 16.2 Å². The van der Waals surface area contributed by atoms with Gasteiger partial charge in [-0.3, -0.25) is 4.57 Å². The predicted octanol–water partition coefficient (Wildman–Crippen LogP) is 13.8. The van der Waals surface area contributed by atoms with Gasteiger partial charge in [0.25, 0.3) is 0 Å². The second kappa shape index (κ2) is 13.8. The molecule has 0 fully saturated rings. The van der Waals surface area contributed by atoms with E-state index < -0.39 is 0 Å². The van der Waals surface area contributed by atoms with Crippen LogP contribution in [0, 0.1) is 25.2 Å². The number of hydrogen-bond acceptors (Lipinski definition) is 3. The molecular formula is C50H58N4O. The first kappa shape index (κ1) is 38.1. The number of aromatic nitrogens is 4. The van der Waals surface area contributed by atoms with E-state index in [9.17, 15) is 0 Å². The molecule has 0 aliphatic rings. The quantitative estimate of drug-likeness (QED) is 0.164. The average Bonchev–Trinajstić information content (AvgIpc) is 3.62. The van der Waals surface area contributed by atoms with Crippen LogP contribution in [0.2, 0.25) is 0 Å². The Morgan fingerprint density at radius 2 is 1.35 bits per heavy atom. The summed E-state index contributed by atoms with van der Waals surface area (Å²) in [6, 6.07) is 35.0. The third kappa shape index (κ3) is 7.34. The van der Waals surface area contributed by atoms with Crippen LogP contribution in [0.5, 0.6) is 11.5 Å². The highest BCUT2D eigenvalue weighted by Crippen LogP contribution is 2.42. The molecule has 0 aliphatic heterocycles. The molecule has 0 bridgehead atoms. The van der Waals surface area contributed by atoms with Crippen LogP contribution in [0.15, 0.2) is 103 Å². The fraction of sp³-hybridized carbons (Fsp3) is 0.360. The average molecular weight is 731 g/mol. The van der Waals surface area contributed by atoms with Gasteiger partial charge in [-0.2, -0.15) is 5.10 Å². The lowest BCUT2D eigenvalue weighted by molar-refractivity contribution is 0.228. The molecule has 0 radical (unpaired) electrons. The fourth-order valence-corrected chi connectivity index (χ4v) is 7.91. The summed E-state index contributed by atoms with van der Waals surface area (Å²) in [7, 11) is 0. The molecule has 55 heavy (non-hydrogen) atoms. The number of aryl methyl sites for hydroxylation is 1. The van der Waals surface area contributed by atoms with Gasteiger partial charge >= 0.3 is 0 Å². The largest absolute Gasteiger partial charge is 0.457 e. The highest BCUT2D eigenvalue weighted by Gasteiger charge is 2.28. The summed E-state index contributed by atoms with van der Waals surface area (Å²) in [6.45, 7) is 29.5. The minimum Gasteiger partial charge on any atom is -0.457 e. The van der Waals surface area contributed by atoms with Crippen LogP contribution in [-0.4, -0.2) is 19.3 Å². The van der Waals surface area contributed by atoms with Crippen molar-refractivity contribution in [3.05, 3.63) is 131 Å². The summed E-state index contributed by atoms with van der Waals surface area (Å²) in [5.74, 6) is 3.37. The highest BCUT2D eigenvalue weighted by atomic mass is 16.5. The Hall–Kier alpha value is -5.16. The number of ether oxygens (including phenoxy) is 1. The number of benzene rings is 4. The van der Waals surface area contributed by atoms with Gasteiger partial charge in [-0.25, -0.2) is 9.67 Å². The molecule has 0 spiro atoms. The Balaban J connectivity index is 1.38. The molecule has 7 rings (SSSR count). The Kier molecular flexibility index (Phi) is 9.60. The van der Waals surface area contributed by atoms with Crippen molar-refractivity contribution < 1.29 is 4.74 Å². The topological polar surface area (TPSA) is 44.9 Å². The second-order valence-electron chi connectivity index (χ2n) is 18.8. The van der Waals surface area contributed by atoms with Crippen molar-refractivity contribution in [3.8, 4) is 34.1 Å². The summed E-state index contributed by atoms with van der Waals surface area (Å²) in [4.78, 5) is 4.96. The van der Waals surface area contributed by atoms with Crippen molar-refractivity contribution in [2.75, 3.05) is 0 Å². The molecular weight excluding hydrogens is 673 g/mol. The van der Waals surface area contributed by atoms with Crippen molar-refractivity contribution in [3.63, 3.8) is 0 Å². The molecule has 3 aromatic heterocycles. The predicted molar refractivity (Wildman–Crippen MR) is 232 cm³/mol. The van der Waals surface area contributed by atoms with Gasteiger partial charge < -0.3 is 4.74 Å². The van der Waals surface area contributed by atoms with E-state index in [4.69, 9.17) is 14.8 Å². The Morgan fingerprint density at radius 1 is 0.636 bits per heavy atom. The summed E-state index contributed by atoms with van der Waals surface area (Å²) in [5, 5.41) is 7.47. The number of nitrogens with zero attached hydrogens (tertiary/aromatic N) is 4. The smallest absolute Gasteiger partial charge is 0.137 e. The maximum absolute atomic E-state index is 6.87. The second-order valence-corrected chi connectivity index (χ2v) is 18.8. The van der Waals surface area contributed by atoms with Gasteiger partial charge in [0, 0.05) is 40.4 Å². The van der Waals surface area contributed by atoms with Crippen LogP contribution in [0.3, 0.4) is 0 Å². The zero-order valence-electron chi connectivity index (χ0n) is 35.2. The summed E-state index contributed by atoms with van der Waals surface area (Å²) < 4.78 is 11.2. The van der Waals surface area contributed by atoms with Crippen molar-refractivity contribution in [1.29, 1.82) is 0 Å². The summed E-state index contributed by atoms with van der Waals surface area (Å²) in [5.41, 5.74) is 11.5. The lowest BCUT2D eigenvalue weighted by atomic mass is 9.72. The van der Waals surface area contributed by atoms with Crippen LogP contribution < -0.4 is 4.74 Å². The number of hydrogen-bond donors (Lipinski definition) is 0. The first-order chi connectivity index (χ1) is 25.8. The van der Waals surface area contributed by atoms with Crippen LogP contribution >= 0.6 is 0 Å². The van der Waals surface area contributed by atoms with Crippen LogP contribution in [-0.2, 0) is 10.8 Å². The van der Waals surface area contributed by atoms with E-state index in [1.54, 1.807) is 0 Å². The number of rotatable bonds is 7. The number of fused-ring (bicyclic) bond motifs is 3. The van der Waals surface area contributed by atoms with Gasteiger partial charge in [0.15, 0.2) is 0 Å². The minimum absolute atomic E-state index is 0.0144. The van der Waals surface area contributed by atoms with Crippen molar-refractivity contribution in [1.82, 2.24) is 19.3 Å². The molecule has 7 aromatic rings. The molecule has 5 nitrogen and oxygen atoms in total. The van der Waals surface area contributed by atoms with E-state index in [0.29, 0.717) is 11.8 Å². The van der Waals surface area contributed by atoms with Crippen LogP contribution in [0.25, 0.3) is 44.4 Å². The maximum Gasteiger partial charge on any atom is 0.137 e. The molecule has 2 unspecified atom stereocenters. The van der Waals surface area contributed by atoms with Gasteiger partial charge in [0.1, 0.15) is 17.3 Å². The first-order valence-corrected chi connectivity index (χ1v) is 19.8. The Labute approximate surface area is 328 Å². The van der Waals surface area contributed by atoms with Crippen molar-refractivity contribution in [2.24, 2.45) is 11.3 Å². The molecule has 284 valence electrons. The molecule has 0 N–H and O–H groups in total. The monoisotopic (exact) mass is 730 g/mol. The molecule has 5 heteroatoms. The van der Waals surface area contributed by atoms with Gasteiger partial charge in [0.2, 0.25) is 0 Å². The van der Waals surface area contributed by atoms with Crippen LogP contribution in [0.4, 0.5) is 0 Å². The third-order valence-corrected chi connectivity index (χ3v) is 11.8. The SMILES string of the molecule is Cc1nn(-c2cc(Oc3ccc4c5cc(C(C)C(C)C(C)(C)C)ccc5n(-c5cc(C(C)(C)C)ccn5)c4c3)cc(C(C)(C)C)c2)c(C)c1-c1ccccc1. The number of pyridine rings is 1.